The van der Waals surface area contributed by atoms with Crippen LogP contribution < -0.4 is 10.5 Å². The maximum Gasteiger partial charge on any atom is 0.119 e. The topological polar surface area (TPSA) is 35.2 Å². The lowest BCUT2D eigenvalue weighted by atomic mass is 10.00. The number of benzene rings is 2. The second-order valence-corrected chi connectivity index (χ2v) is 6.70. The molecule has 0 heterocycles. The normalized spacial score (nSPS) is 15.7. The van der Waals surface area contributed by atoms with Gasteiger partial charge in [-0.1, -0.05) is 31.2 Å². The summed E-state index contributed by atoms with van der Waals surface area (Å²) < 4.78 is 5.76. The van der Waals surface area contributed by atoms with Crippen molar-refractivity contribution in [1.29, 1.82) is 0 Å². The van der Waals surface area contributed by atoms with Gasteiger partial charge in [0.2, 0.25) is 0 Å². The Kier molecular flexibility index (Phi) is 4.51. The number of thioether (sulfide) groups is 1. The van der Waals surface area contributed by atoms with Gasteiger partial charge in [-0.25, -0.2) is 0 Å². The van der Waals surface area contributed by atoms with Crippen LogP contribution in [0.2, 0.25) is 0 Å². The molecule has 1 fully saturated rings. The third-order valence-electron chi connectivity index (χ3n) is 3.62. The van der Waals surface area contributed by atoms with Crippen molar-refractivity contribution in [3.05, 3.63) is 59.7 Å². The van der Waals surface area contributed by atoms with Crippen molar-refractivity contribution in [2.45, 2.75) is 36.8 Å². The van der Waals surface area contributed by atoms with E-state index in [2.05, 4.69) is 43.3 Å². The molecule has 1 unspecified atom stereocenters. The highest BCUT2D eigenvalue weighted by Gasteiger charge is 2.23. The lowest BCUT2D eigenvalue weighted by Gasteiger charge is -2.14. The largest absolute Gasteiger partial charge is 0.490 e. The molecule has 0 amide bonds. The summed E-state index contributed by atoms with van der Waals surface area (Å²) in [6.07, 6.45) is 2.81. The highest BCUT2D eigenvalue weighted by molar-refractivity contribution is 7.99. The highest BCUT2D eigenvalue weighted by atomic mass is 32.2. The molecule has 0 saturated heterocycles. The second-order valence-electron chi connectivity index (χ2n) is 5.37. The number of hydrogen-bond acceptors (Lipinski definition) is 3. The van der Waals surface area contributed by atoms with Gasteiger partial charge in [-0.2, -0.15) is 0 Å². The second kappa shape index (κ2) is 6.54. The van der Waals surface area contributed by atoms with Gasteiger partial charge in [0.15, 0.2) is 0 Å². The van der Waals surface area contributed by atoms with Gasteiger partial charge in [0.1, 0.15) is 5.75 Å². The van der Waals surface area contributed by atoms with Crippen molar-refractivity contribution in [1.82, 2.24) is 0 Å². The summed E-state index contributed by atoms with van der Waals surface area (Å²) >= 11 is 1.85. The number of ether oxygens (including phenoxy) is 1. The Bertz CT molecular complexity index is 575. The molecule has 0 aliphatic heterocycles. The van der Waals surface area contributed by atoms with Crippen LogP contribution in [0.4, 0.5) is 0 Å². The molecule has 0 radical (unpaired) electrons. The van der Waals surface area contributed by atoms with E-state index in [1.807, 2.05) is 23.9 Å². The van der Waals surface area contributed by atoms with Crippen LogP contribution >= 0.6 is 11.8 Å². The van der Waals surface area contributed by atoms with Gasteiger partial charge in [0, 0.05) is 4.90 Å². The SMILES string of the molecule is CCSc1ccc(C(N)c2ccc(OC3CC3)cc2)cc1. The Hall–Kier alpha value is -1.45. The molecular weight excluding hydrogens is 278 g/mol. The minimum atomic E-state index is -0.0827. The molecule has 0 bridgehead atoms. The molecule has 0 spiro atoms. The summed E-state index contributed by atoms with van der Waals surface area (Å²) in [6, 6.07) is 16.6. The quantitative estimate of drug-likeness (QED) is 0.804. The summed E-state index contributed by atoms with van der Waals surface area (Å²) in [6.45, 7) is 2.16. The van der Waals surface area contributed by atoms with Gasteiger partial charge in [-0.3, -0.25) is 0 Å². The standard InChI is InChI=1S/C18H21NOS/c1-2-21-17-11-5-14(6-12-17)18(19)13-3-7-15(8-4-13)20-16-9-10-16/h3-8,11-12,16,18H,2,9-10,19H2,1H3. The van der Waals surface area contributed by atoms with Crippen molar-refractivity contribution in [3.8, 4) is 5.75 Å². The Morgan fingerprint density at radius 2 is 1.62 bits per heavy atom. The van der Waals surface area contributed by atoms with Gasteiger partial charge in [0.05, 0.1) is 12.1 Å². The third kappa shape index (κ3) is 3.80. The highest BCUT2D eigenvalue weighted by Crippen LogP contribution is 2.28. The molecule has 21 heavy (non-hydrogen) atoms. The Morgan fingerprint density at radius 1 is 1.05 bits per heavy atom. The van der Waals surface area contributed by atoms with Crippen LogP contribution in [0.1, 0.15) is 36.9 Å². The monoisotopic (exact) mass is 299 g/mol. The number of hydrogen-bond donors (Lipinski definition) is 1. The average Bonchev–Trinajstić information content (AvgIpc) is 3.32. The predicted molar refractivity (Wildman–Crippen MR) is 89.0 cm³/mol. The van der Waals surface area contributed by atoms with E-state index in [1.165, 1.54) is 17.7 Å². The van der Waals surface area contributed by atoms with Crippen LogP contribution in [-0.2, 0) is 0 Å². The number of rotatable bonds is 6. The number of nitrogens with two attached hydrogens (primary N) is 1. The molecule has 1 atom stereocenters. The summed E-state index contributed by atoms with van der Waals surface area (Å²) in [5.74, 6) is 2.04. The Balaban J connectivity index is 1.69. The fourth-order valence-corrected chi connectivity index (χ4v) is 2.92. The minimum absolute atomic E-state index is 0.0827. The van der Waals surface area contributed by atoms with Crippen LogP contribution in [0.3, 0.4) is 0 Å². The molecule has 0 aromatic heterocycles. The zero-order valence-electron chi connectivity index (χ0n) is 12.3. The van der Waals surface area contributed by atoms with E-state index in [0.717, 1.165) is 22.6 Å². The average molecular weight is 299 g/mol. The van der Waals surface area contributed by atoms with Gasteiger partial charge >= 0.3 is 0 Å². The van der Waals surface area contributed by atoms with Crippen LogP contribution in [0.15, 0.2) is 53.4 Å². The van der Waals surface area contributed by atoms with Crippen molar-refractivity contribution in [2.75, 3.05) is 5.75 Å². The lowest BCUT2D eigenvalue weighted by Crippen LogP contribution is -2.11. The lowest BCUT2D eigenvalue weighted by molar-refractivity contribution is 0.303. The smallest absolute Gasteiger partial charge is 0.119 e. The third-order valence-corrected chi connectivity index (χ3v) is 4.51. The van der Waals surface area contributed by atoms with Crippen LogP contribution in [-0.4, -0.2) is 11.9 Å². The summed E-state index contributed by atoms with van der Waals surface area (Å²) in [7, 11) is 0. The van der Waals surface area contributed by atoms with E-state index in [9.17, 15) is 0 Å². The fraction of sp³-hybridized carbons (Fsp3) is 0.333. The van der Waals surface area contributed by atoms with Crippen molar-refractivity contribution >= 4 is 11.8 Å². The Labute approximate surface area is 130 Å². The molecule has 3 heteroatoms. The van der Waals surface area contributed by atoms with Gasteiger partial charge in [-0.15, -0.1) is 11.8 Å². The molecule has 2 N–H and O–H groups in total. The van der Waals surface area contributed by atoms with Crippen LogP contribution in [0.5, 0.6) is 5.75 Å². The molecule has 2 nitrogen and oxygen atoms in total. The van der Waals surface area contributed by atoms with Gasteiger partial charge in [0.25, 0.3) is 0 Å². The summed E-state index contributed by atoms with van der Waals surface area (Å²) in [5.41, 5.74) is 8.62. The molecular formula is C18H21NOS. The van der Waals surface area contributed by atoms with E-state index in [0.29, 0.717) is 6.10 Å². The minimum Gasteiger partial charge on any atom is -0.490 e. The summed E-state index contributed by atoms with van der Waals surface area (Å²) in [4.78, 5) is 1.29. The first-order valence-corrected chi connectivity index (χ1v) is 8.50. The molecule has 1 aliphatic carbocycles. The molecule has 1 aliphatic rings. The first-order chi connectivity index (χ1) is 10.3. The summed E-state index contributed by atoms with van der Waals surface area (Å²) in [5, 5.41) is 0. The molecule has 110 valence electrons. The van der Waals surface area contributed by atoms with Crippen molar-refractivity contribution < 1.29 is 4.74 Å². The predicted octanol–water partition coefficient (Wildman–Crippen LogP) is 4.39. The maximum atomic E-state index is 6.36. The van der Waals surface area contributed by atoms with E-state index in [-0.39, 0.29) is 6.04 Å². The molecule has 2 aromatic carbocycles. The van der Waals surface area contributed by atoms with Crippen molar-refractivity contribution in [3.63, 3.8) is 0 Å². The first-order valence-electron chi connectivity index (χ1n) is 7.51. The van der Waals surface area contributed by atoms with Crippen LogP contribution in [0, 0.1) is 0 Å². The zero-order chi connectivity index (χ0) is 14.7. The van der Waals surface area contributed by atoms with E-state index in [1.54, 1.807) is 0 Å². The van der Waals surface area contributed by atoms with Crippen molar-refractivity contribution in [2.24, 2.45) is 5.73 Å². The molecule has 1 saturated carbocycles. The Morgan fingerprint density at radius 3 is 2.14 bits per heavy atom. The fourth-order valence-electron chi connectivity index (χ4n) is 2.26. The maximum absolute atomic E-state index is 6.36. The molecule has 2 aromatic rings. The van der Waals surface area contributed by atoms with Crippen LogP contribution in [0.25, 0.3) is 0 Å². The van der Waals surface area contributed by atoms with Gasteiger partial charge < -0.3 is 10.5 Å². The zero-order valence-corrected chi connectivity index (χ0v) is 13.1. The van der Waals surface area contributed by atoms with Gasteiger partial charge in [-0.05, 0) is 54.0 Å². The van der Waals surface area contributed by atoms with E-state index < -0.39 is 0 Å². The first kappa shape index (κ1) is 14.5. The molecule has 3 rings (SSSR count). The van der Waals surface area contributed by atoms with E-state index in [4.69, 9.17) is 10.5 Å². The van der Waals surface area contributed by atoms with E-state index >= 15 is 0 Å².